The summed E-state index contributed by atoms with van der Waals surface area (Å²) >= 11 is 0. The van der Waals surface area contributed by atoms with Gasteiger partial charge in [-0.1, -0.05) is 18.2 Å². The zero-order chi connectivity index (χ0) is 23.8. The fraction of sp³-hybridized carbons (Fsp3) is 0.417. The van der Waals surface area contributed by atoms with Crippen LogP contribution in [0.3, 0.4) is 0 Å². The molecule has 0 atom stereocenters. The van der Waals surface area contributed by atoms with E-state index in [4.69, 9.17) is 9.47 Å². The number of rotatable bonds is 2. The van der Waals surface area contributed by atoms with E-state index in [2.05, 4.69) is 10.3 Å². The molecule has 0 aromatic heterocycles. The van der Waals surface area contributed by atoms with Crippen LogP contribution >= 0.6 is 0 Å². The molecule has 2 aliphatic heterocycles. The lowest BCUT2D eigenvalue weighted by Gasteiger charge is -2.41. The summed E-state index contributed by atoms with van der Waals surface area (Å²) < 4.78 is 49.8. The van der Waals surface area contributed by atoms with Crippen LogP contribution in [0.4, 0.5) is 18.0 Å². The summed E-state index contributed by atoms with van der Waals surface area (Å²) in [5.41, 5.74) is 0.965. The highest BCUT2D eigenvalue weighted by atomic mass is 19.4. The van der Waals surface area contributed by atoms with Crippen molar-refractivity contribution in [2.24, 2.45) is 4.99 Å². The van der Waals surface area contributed by atoms with E-state index in [-0.39, 0.29) is 6.04 Å². The molecule has 2 aromatic rings. The average Bonchev–Trinajstić information content (AvgIpc) is 2.90. The Morgan fingerprint density at radius 1 is 1.09 bits per heavy atom. The molecule has 2 heterocycles. The van der Waals surface area contributed by atoms with Crippen molar-refractivity contribution in [2.75, 3.05) is 26.2 Å². The minimum absolute atomic E-state index is 0.0618. The highest BCUT2D eigenvalue weighted by molar-refractivity contribution is 6.03. The molecule has 0 unspecified atom stereocenters. The third-order valence-corrected chi connectivity index (χ3v) is 5.28. The second kappa shape index (κ2) is 8.61. The van der Waals surface area contributed by atoms with Gasteiger partial charge in [-0.15, -0.1) is 0 Å². The number of nitrogens with one attached hydrogen (secondary N) is 1. The number of alkyl halides is 3. The van der Waals surface area contributed by atoms with Gasteiger partial charge in [0.25, 0.3) is 0 Å². The highest BCUT2D eigenvalue weighted by Gasteiger charge is 2.34. The number of hydrogen-bond acceptors (Lipinski definition) is 5. The van der Waals surface area contributed by atoms with E-state index < -0.39 is 23.4 Å². The van der Waals surface area contributed by atoms with Crippen molar-refractivity contribution in [3.05, 3.63) is 53.6 Å². The molecular weight excluding hydrogens is 435 g/mol. The first-order valence-corrected chi connectivity index (χ1v) is 10.7. The van der Waals surface area contributed by atoms with Gasteiger partial charge in [-0.3, -0.25) is 4.99 Å². The van der Waals surface area contributed by atoms with Gasteiger partial charge in [0.05, 0.1) is 23.7 Å². The summed E-state index contributed by atoms with van der Waals surface area (Å²) in [5, 5.41) is 2.86. The normalized spacial score (nSPS) is 16.7. The van der Waals surface area contributed by atoms with Gasteiger partial charge in [0, 0.05) is 13.1 Å². The van der Waals surface area contributed by atoms with Crippen molar-refractivity contribution in [1.82, 2.24) is 10.2 Å². The molecular formula is C24H26F3N3O3. The first-order chi connectivity index (χ1) is 15.5. The molecule has 9 heteroatoms. The van der Waals surface area contributed by atoms with Crippen LogP contribution in [-0.2, 0) is 10.9 Å². The number of alkyl carbamates (subject to hydrolysis) is 1. The Morgan fingerprint density at radius 2 is 1.76 bits per heavy atom. The van der Waals surface area contributed by atoms with Crippen molar-refractivity contribution in [1.29, 1.82) is 0 Å². The Balaban J connectivity index is 1.50. The number of aliphatic imine (C=N–C) groups is 1. The number of carbonyl (C=O) groups excluding carboxylic acids is 1. The summed E-state index contributed by atoms with van der Waals surface area (Å²) in [6.07, 6.45) is -4.83. The second-order valence-electron chi connectivity index (χ2n) is 9.09. The predicted molar refractivity (Wildman–Crippen MR) is 119 cm³/mol. The largest absolute Gasteiger partial charge is 0.491 e. The van der Waals surface area contributed by atoms with Crippen LogP contribution < -0.4 is 10.1 Å². The molecule has 0 spiro atoms. The fourth-order valence-corrected chi connectivity index (χ4v) is 3.74. The average molecular weight is 461 g/mol. The van der Waals surface area contributed by atoms with Crippen LogP contribution in [0, 0.1) is 0 Å². The maximum absolute atomic E-state index is 12.9. The molecule has 6 nitrogen and oxygen atoms in total. The number of halogens is 3. The lowest BCUT2D eigenvalue weighted by atomic mass is 9.99. The van der Waals surface area contributed by atoms with Crippen molar-refractivity contribution >= 4 is 11.9 Å². The molecule has 1 N–H and O–H groups in total. The standard InChI is InChI=1S/C24H26F3N3O3/c1-23(2,3)33-22(31)29-18-13-30(14-18)21-19-12-16(6-9-20(19)32-11-10-28-21)15-4-7-17(8-5-15)24(25,26)27/h4-9,12,18H,10-11,13-14H2,1-3H3,(H,29,31). The van der Waals surface area contributed by atoms with E-state index in [9.17, 15) is 18.0 Å². The smallest absolute Gasteiger partial charge is 0.416 e. The zero-order valence-electron chi connectivity index (χ0n) is 18.7. The molecule has 1 saturated heterocycles. The molecule has 0 saturated carbocycles. The lowest BCUT2D eigenvalue weighted by Crippen LogP contribution is -2.61. The minimum atomic E-state index is -4.37. The highest BCUT2D eigenvalue weighted by Crippen LogP contribution is 2.33. The number of likely N-dealkylation sites (tertiary alicyclic amines) is 1. The Morgan fingerprint density at radius 3 is 2.39 bits per heavy atom. The molecule has 4 rings (SSSR count). The van der Waals surface area contributed by atoms with Gasteiger partial charge < -0.3 is 19.7 Å². The molecule has 1 fully saturated rings. The second-order valence-corrected chi connectivity index (χ2v) is 9.09. The molecule has 0 aliphatic carbocycles. The number of carbonyl (C=O) groups is 1. The lowest BCUT2D eigenvalue weighted by molar-refractivity contribution is -0.137. The maximum Gasteiger partial charge on any atom is 0.416 e. The molecule has 2 aliphatic rings. The summed E-state index contributed by atoms with van der Waals surface area (Å²) in [7, 11) is 0. The van der Waals surface area contributed by atoms with Gasteiger partial charge in [-0.05, 0) is 56.2 Å². The molecule has 0 bridgehead atoms. The fourth-order valence-electron chi connectivity index (χ4n) is 3.74. The predicted octanol–water partition coefficient (Wildman–Crippen LogP) is 4.72. The van der Waals surface area contributed by atoms with Crippen molar-refractivity contribution < 1.29 is 27.4 Å². The van der Waals surface area contributed by atoms with Gasteiger partial charge in [0.2, 0.25) is 0 Å². The molecule has 2 aromatic carbocycles. The number of benzene rings is 2. The van der Waals surface area contributed by atoms with Gasteiger partial charge in [-0.2, -0.15) is 13.2 Å². The van der Waals surface area contributed by atoms with E-state index in [0.717, 1.165) is 29.1 Å². The number of ether oxygens (including phenoxy) is 2. The van der Waals surface area contributed by atoms with Gasteiger partial charge >= 0.3 is 12.3 Å². The van der Waals surface area contributed by atoms with E-state index in [1.165, 1.54) is 12.1 Å². The van der Waals surface area contributed by atoms with E-state index in [1.54, 1.807) is 0 Å². The number of amidine groups is 1. The third-order valence-electron chi connectivity index (χ3n) is 5.28. The number of nitrogens with zero attached hydrogens (tertiary/aromatic N) is 2. The summed E-state index contributed by atoms with van der Waals surface area (Å²) in [6.45, 7) is 7.50. The summed E-state index contributed by atoms with van der Waals surface area (Å²) in [5.74, 6) is 1.42. The Bertz CT molecular complexity index is 1050. The topological polar surface area (TPSA) is 63.2 Å². The summed E-state index contributed by atoms with van der Waals surface area (Å²) in [4.78, 5) is 18.7. The van der Waals surface area contributed by atoms with Crippen LogP contribution in [0.2, 0.25) is 0 Å². The van der Waals surface area contributed by atoms with Crippen molar-refractivity contribution in [3.63, 3.8) is 0 Å². The van der Waals surface area contributed by atoms with Crippen molar-refractivity contribution in [3.8, 4) is 16.9 Å². The third kappa shape index (κ3) is 5.40. The number of hydrogen-bond donors (Lipinski definition) is 1. The first-order valence-electron chi connectivity index (χ1n) is 10.7. The van der Waals surface area contributed by atoms with E-state index in [0.29, 0.717) is 37.6 Å². The SMILES string of the molecule is CC(C)(C)OC(=O)NC1CN(C2=NCCOc3ccc(-c4ccc(C(F)(F)F)cc4)cc32)C1. The van der Waals surface area contributed by atoms with Crippen LogP contribution in [0.15, 0.2) is 47.5 Å². The van der Waals surface area contributed by atoms with Crippen molar-refractivity contribution in [2.45, 2.75) is 38.6 Å². The zero-order valence-corrected chi connectivity index (χ0v) is 18.7. The van der Waals surface area contributed by atoms with Gasteiger partial charge in [0.15, 0.2) is 0 Å². The molecule has 0 radical (unpaired) electrons. The monoisotopic (exact) mass is 461 g/mol. The van der Waals surface area contributed by atoms with Gasteiger partial charge in [-0.25, -0.2) is 4.79 Å². The van der Waals surface area contributed by atoms with Crippen LogP contribution in [-0.4, -0.2) is 54.7 Å². The number of fused-ring (bicyclic) bond motifs is 1. The molecule has 176 valence electrons. The van der Waals surface area contributed by atoms with E-state index >= 15 is 0 Å². The Labute approximate surface area is 190 Å². The quantitative estimate of drug-likeness (QED) is 0.703. The van der Waals surface area contributed by atoms with Crippen LogP contribution in [0.25, 0.3) is 11.1 Å². The van der Waals surface area contributed by atoms with E-state index in [1.807, 2.05) is 43.9 Å². The Hall–Kier alpha value is -3.23. The number of amides is 1. The Kier molecular flexibility index (Phi) is 5.99. The first kappa shape index (κ1) is 22.9. The molecule has 1 amide bonds. The van der Waals surface area contributed by atoms with Crippen LogP contribution in [0.5, 0.6) is 5.75 Å². The maximum atomic E-state index is 12.9. The van der Waals surface area contributed by atoms with Gasteiger partial charge in [0.1, 0.15) is 23.8 Å². The van der Waals surface area contributed by atoms with Crippen LogP contribution in [0.1, 0.15) is 31.9 Å². The molecule has 33 heavy (non-hydrogen) atoms. The minimum Gasteiger partial charge on any atom is -0.491 e. The summed E-state index contributed by atoms with van der Waals surface area (Å²) in [6, 6.07) is 10.5.